The predicted molar refractivity (Wildman–Crippen MR) is 62.4 cm³/mol. The normalized spacial score (nSPS) is 10.9. The second kappa shape index (κ2) is 6.17. The van der Waals surface area contributed by atoms with Crippen molar-refractivity contribution in [2.24, 2.45) is 0 Å². The first-order chi connectivity index (χ1) is 6.74. The Morgan fingerprint density at radius 1 is 1.29 bits per heavy atom. The summed E-state index contributed by atoms with van der Waals surface area (Å²) in [6, 6.07) is 8.25. The van der Waals surface area contributed by atoms with E-state index in [0.717, 1.165) is 24.0 Å². The number of hydrogen-bond donors (Lipinski definition) is 1. The van der Waals surface area contributed by atoms with E-state index < -0.39 is 0 Å². The molecule has 0 aliphatic rings. The molecule has 0 heterocycles. The van der Waals surface area contributed by atoms with Crippen molar-refractivity contribution in [3.63, 3.8) is 0 Å². The topological polar surface area (TPSA) is 23.5 Å². The number of benzene rings is 1. The molecule has 0 spiro atoms. The zero-order chi connectivity index (χ0) is 10.4. The first kappa shape index (κ1) is 11.7. The summed E-state index contributed by atoms with van der Waals surface area (Å²) >= 11 is 3.52. The maximum absolute atomic E-state index is 8.74. The van der Waals surface area contributed by atoms with E-state index in [9.17, 15) is 0 Å². The van der Waals surface area contributed by atoms with Crippen molar-refractivity contribution in [2.45, 2.75) is 6.42 Å². The number of likely N-dealkylation sites (N-methyl/N-ethyl adjacent to an activating group) is 1. The second-order valence-corrected chi connectivity index (χ2v) is 4.22. The number of nitrogens with zero attached hydrogens (tertiary/aromatic N) is 1. The Kier molecular flexibility index (Phi) is 5.15. The minimum absolute atomic E-state index is 0.229. The molecule has 1 rings (SSSR count). The Morgan fingerprint density at radius 3 is 2.64 bits per heavy atom. The number of hydrogen-bond acceptors (Lipinski definition) is 2. The molecule has 3 heteroatoms. The summed E-state index contributed by atoms with van der Waals surface area (Å²) in [7, 11) is 2.02. The minimum atomic E-state index is 0.229. The molecule has 0 bridgehead atoms. The second-order valence-electron chi connectivity index (χ2n) is 3.37. The largest absolute Gasteiger partial charge is 0.395 e. The monoisotopic (exact) mass is 257 g/mol. The van der Waals surface area contributed by atoms with E-state index in [1.54, 1.807) is 0 Å². The van der Waals surface area contributed by atoms with Crippen molar-refractivity contribution in [1.29, 1.82) is 0 Å². The van der Waals surface area contributed by atoms with Crippen molar-refractivity contribution >= 4 is 15.9 Å². The molecule has 0 aliphatic heterocycles. The summed E-state index contributed by atoms with van der Waals surface area (Å²) in [6.07, 6.45) is 1.01. The average Bonchev–Trinajstić information content (AvgIpc) is 2.17. The molecule has 1 N–H and O–H groups in total. The van der Waals surface area contributed by atoms with Crippen molar-refractivity contribution in [2.75, 3.05) is 26.7 Å². The van der Waals surface area contributed by atoms with Crippen LogP contribution >= 0.6 is 15.9 Å². The smallest absolute Gasteiger partial charge is 0.0558 e. The molecular formula is C11H16BrNO. The van der Waals surface area contributed by atoms with Crippen LogP contribution in [0.1, 0.15) is 5.56 Å². The SMILES string of the molecule is CN(CCO)CCc1ccccc1Br. The van der Waals surface area contributed by atoms with E-state index >= 15 is 0 Å². The van der Waals surface area contributed by atoms with Crippen molar-refractivity contribution < 1.29 is 5.11 Å². The van der Waals surface area contributed by atoms with Gasteiger partial charge in [-0.1, -0.05) is 34.1 Å². The Balaban J connectivity index is 2.41. The summed E-state index contributed by atoms with van der Waals surface area (Å²) in [5.41, 5.74) is 1.32. The van der Waals surface area contributed by atoms with Gasteiger partial charge in [-0.2, -0.15) is 0 Å². The van der Waals surface area contributed by atoms with Gasteiger partial charge in [0.15, 0.2) is 0 Å². The van der Waals surface area contributed by atoms with Crippen LogP contribution in [-0.4, -0.2) is 36.8 Å². The summed E-state index contributed by atoms with van der Waals surface area (Å²) < 4.78 is 1.16. The maximum Gasteiger partial charge on any atom is 0.0558 e. The third-order valence-electron chi connectivity index (χ3n) is 2.20. The zero-order valence-electron chi connectivity index (χ0n) is 8.41. The number of aliphatic hydroxyl groups is 1. The van der Waals surface area contributed by atoms with Crippen LogP contribution in [0.25, 0.3) is 0 Å². The maximum atomic E-state index is 8.74. The fraction of sp³-hybridized carbons (Fsp3) is 0.455. The van der Waals surface area contributed by atoms with Gasteiger partial charge in [-0.3, -0.25) is 0 Å². The first-order valence-corrected chi connectivity index (χ1v) is 5.56. The van der Waals surface area contributed by atoms with Gasteiger partial charge < -0.3 is 10.0 Å². The van der Waals surface area contributed by atoms with Crippen molar-refractivity contribution in [3.8, 4) is 0 Å². The third kappa shape index (κ3) is 3.78. The molecule has 0 unspecified atom stereocenters. The lowest BCUT2D eigenvalue weighted by atomic mass is 10.1. The molecule has 1 aromatic carbocycles. The summed E-state index contributed by atoms with van der Waals surface area (Å²) in [5, 5.41) is 8.74. The van der Waals surface area contributed by atoms with E-state index in [0.29, 0.717) is 0 Å². The summed E-state index contributed by atoms with van der Waals surface area (Å²) in [6.45, 7) is 1.94. The number of aliphatic hydroxyl groups excluding tert-OH is 1. The van der Waals surface area contributed by atoms with Crippen LogP contribution in [0.15, 0.2) is 28.7 Å². The molecule has 0 fully saturated rings. The van der Waals surface area contributed by atoms with Gasteiger partial charge in [0, 0.05) is 17.6 Å². The summed E-state index contributed by atoms with van der Waals surface area (Å²) in [5.74, 6) is 0. The van der Waals surface area contributed by atoms with Gasteiger partial charge in [-0.15, -0.1) is 0 Å². The van der Waals surface area contributed by atoms with Gasteiger partial charge >= 0.3 is 0 Å². The highest BCUT2D eigenvalue weighted by atomic mass is 79.9. The standard InChI is InChI=1S/C11H16BrNO/c1-13(8-9-14)7-6-10-4-2-3-5-11(10)12/h2-5,14H,6-9H2,1H3. The number of rotatable bonds is 5. The highest BCUT2D eigenvalue weighted by Crippen LogP contribution is 2.16. The Bertz CT molecular complexity index is 278. The molecule has 78 valence electrons. The lowest BCUT2D eigenvalue weighted by Gasteiger charge is -2.15. The van der Waals surface area contributed by atoms with E-state index in [4.69, 9.17) is 5.11 Å². The molecule has 0 atom stereocenters. The zero-order valence-corrected chi connectivity index (χ0v) is 10.00. The van der Waals surface area contributed by atoms with Crippen LogP contribution < -0.4 is 0 Å². The quantitative estimate of drug-likeness (QED) is 0.872. The first-order valence-electron chi connectivity index (χ1n) is 4.77. The van der Waals surface area contributed by atoms with Crippen LogP contribution in [-0.2, 0) is 6.42 Å². The third-order valence-corrected chi connectivity index (χ3v) is 2.98. The van der Waals surface area contributed by atoms with E-state index in [2.05, 4.69) is 33.0 Å². The van der Waals surface area contributed by atoms with Crippen molar-refractivity contribution in [3.05, 3.63) is 34.3 Å². The molecule has 14 heavy (non-hydrogen) atoms. The Morgan fingerprint density at radius 2 is 2.00 bits per heavy atom. The van der Waals surface area contributed by atoms with Gasteiger partial charge in [-0.25, -0.2) is 0 Å². The van der Waals surface area contributed by atoms with E-state index in [1.807, 2.05) is 19.2 Å². The van der Waals surface area contributed by atoms with E-state index in [1.165, 1.54) is 5.56 Å². The molecule has 0 aromatic heterocycles. The number of halogens is 1. The van der Waals surface area contributed by atoms with Crippen molar-refractivity contribution in [1.82, 2.24) is 4.90 Å². The van der Waals surface area contributed by atoms with Crippen LogP contribution in [0.3, 0.4) is 0 Å². The van der Waals surface area contributed by atoms with Gasteiger partial charge in [0.1, 0.15) is 0 Å². The van der Waals surface area contributed by atoms with Crippen LogP contribution in [0.4, 0.5) is 0 Å². The molecule has 0 saturated carbocycles. The fourth-order valence-corrected chi connectivity index (χ4v) is 1.78. The van der Waals surface area contributed by atoms with Gasteiger partial charge in [-0.05, 0) is 25.1 Å². The Hall–Kier alpha value is -0.380. The van der Waals surface area contributed by atoms with Gasteiger partial charge in [0.05, 0.1) is 6.61 Å². The lowest BCUT2D eigenvalue weighted by molar-refractivity contribution is 0.223. The lowest BCUT2D eigenvalue weighted by Crippen LogP contribution is -2.24. The Labute approximate surface area is 93.7 Å². The predicted octanol–water partition coefficient (Wildman–Crippen LogP) is 1.92. The fourth-order valence-electron chi connectivity index (χ4n) is 1.29. The molecule has 0 saturated heterocycles. The minimum Gasteiger partial charge on any atom is -0.395 e. The van der Waals surface area contributed by atoms with Crippen LogP contribution in [0.5, 0.6) is 0 Å². The average molecular weight is 258 g/mol. The molecule has 0 aliphatic carbocycles. The molecule has 0 radical (unpaired) electrons. The van der Waals surface area contributed by atoms with E-state index in [-0.39, 0.29) is 6.61 Å². The molecule has 1 aromatic rings. The molecular weight excluding hydrogens is 242 g/mol. The highest BCUT2D eigenvalue weighted by molar-refractivity contribution is 9.10. The molecule has 2 nitrogen and oxygen atoms in total. The summed E-state index contributed by atoms with van der Waals surface area (Å²) in [4.78, 5) is 2.12. The highest BCUT2D eigenvalue weighted by Gasteiger charge is 2.01. The van der Waals surface area contributed by atoms with Crippen LogP contribution in [0, 0.1) is 0 Å². The van der Waals surface area contributed by atoms with Crippen LogP contribution in [0.2, 0.25) is 0 Å². The van der Waals surface area contributed by atoms with Gasteiger partial charge in [0.2, 0.25) is 0 Å². The van der Waals surface area contributed by atoms with Gasteiger partial charge in [0.25, 0.3) is 0 Å². The molecule has 0 amide bonds.